The molecule has 0 aliphatic heterocycles. The Kier molecular flexibility index (Phi) is 3.81. The minimum Gasteiger partial charge on any atom is -0.397 e. The summed E-state index contributed by atoms with van der Waals surface area (Å²) in [7, 11) is 0. The van der Waals surface area contributed by atoms with Crippen LogP contribution in [0.1, 0.15) is 5.56 Å². The molecule has 0 aromatic heterocycles. The van der Waals surface area contributed by atoms with Crippen molar-refractivity contribution >= 4 is 27.3 Å². The molecule has 0 unspecified atom stereocenters. The number of halogens is 3. The quantitative estimate of drug-likeness (QED) is 0.843. The fourth-order valence-corrected chi connectivity index (χ4v) is 1.91. The van der Waals surface area contributed by atoms with E-state index in [2.05, 4.69) is 21.2 Å². The topological polar surface area (TPSA) is 38.0 Å². The highest BCUT2D eigenvalue weighted by molar-refractivity contribution is 9.10. The number of nitrogens with one attached hydrogen (secondary N) is 1. The van der Waals surface area contributed by atoms with Gasteiger partial charge in [-0.15, -0.1) is 0 Å². The van der Waals surface area contributed by atoms with Gasteiger partial charge in [0.1, 0.15) is 11.6 Å². The van der Waals surface area contributed by atoms with E-state index in [0.29, 0.717) is 11.4 Å². The highest BCUT2D eigenvalue weighted by atomic mass is 79.9. The molecule has 0 aliphatic rings. The second-order valence-electron chi connectivity index (χ2n) is 3.82. The van der Waals surface area contributed by atoms with Crippen molar-refractivity contribution < 1.29 is 8.78 Å². The molecule has 94 valence electrons. The third kappa shape index (κ3) is 2.98. The Morgan fingerprint density at radius 1 is 1.11 bits per heavy atom. The molecule has 3 N–H and O–H groups in total. The minimum absolute atomic E-state index is 0.171. The number of nitrogens with two attached hydrogens (primary N) is 1. The van der Waals surface area contributed by atoms with Gasteiger partial charge in [-0.25, -0.2) is 8.78 Å². The van der Waals surface area contributed by atoms with Crippen molar-refractivity contribution in [3.8, 4) is 0 Å². The van der Waals surface area contributed by atoms with Gasteiger partial charge >= 0.3 is 0 Å². The zero-order chi connectivity index (χ0) is 13.1. The normalized spacial score (nSPS) is 10.4. The van der Waals surface area contributed by atoms with E-state index in [1.807, 2.05) is 6.07 Å². The largest absolute Gasteiger partial charge is 0.397 e. The van der Waals surface area contributed by atoms with Crippen molar-refractivity contribution in [1.82, 2.24) is 0 Å². The number of hydrogen-bond donors (Lipinski definition) is 2. The van der Waals surface area contributed by atoms with Crippen LogP contribution in [0.5, 0.6) is 0 Å². The van der Waals surface area contributed by atoms with E-state index in [-0.39, 0.29) is 12.1 Å². The van der Waals surface area contributed by atoms with Crippen LogP contribution in [0, 0.1) is 11.6 Å². The fraction of sp³-hybridized carbons (Fsp3) is 0.0769. The second kappa shape index (κ2) is 5.35. The molecule has 0 radical (unpaired) electrons. The van der Waals surface area contributed by atoms with E-state index in [0.717, 1.165) is 22.7 Å². The highest BCUT2D eigenvalue weighted by Crippen LogP contribution is 2.24. The summed E-state index contributed by atoms with van der Waals surface area (Å²) in [5.74, 6) is -0.909. The molecule has 5 heteroatoms. The lowest BCUT2D eigenvalue weighted by Gasteiger charge is -2.10. The summed E-state index contributed by atoms with van der Waals surface area (Å²) in [4.78, 5) is 0. The van der Waals surface area contributed by atoms with Crippen molar-refractivity contribution in [2.75, 3.05) is 11.1 Å². The van der Waals surface area contributed by atoms with Gasteiger partial charge in [0, 0.05) is 16.6 Å². The summed E-state index contributed by atoms with van der Waals surface area (Å²) in [5.41, 5.74) is 7.25. The lowest BCUT2D eigenvalue weighted by molar-refractivity contribution is 0.587. The smallest absolute Gasteiger partial charge is 0.128 e. The van der Waals surface area contributed by atoms with Crippen LogP contribution in [0.2, 0.25) is 0 Å². The Balaban J connectivity index is 2.16. The van der Waals surface area contributed by atoms with Gasteiger partial charge in [-0.3, -0.25) is 0 Å². The summed E-state index contributed by atoms with van der Waals surface area (Å²) in [6, 6.07) is 8.68. The van der Waals surface area contributed by atoms with Gasteiger partial charge in [-0.1, -0.05) is 15.9 Å². The molecule has 0 atom stereocenters. The summed E-state index contributed by atoms with van der Waals surface area (Å²) in [6.45, 7) is 0.171. The van der Waals surface area contributed by atoms with E-state index in [9.17, 15) is 8.78 Å². The zero-order valence-electron chi connectivity index (χ0n) is 9.38. The lowest BCUT2D eigenvalue weighted by Crippen LogP contribution is -2.04. The third-order valence-electron chi connectivity index (χ3n) is 2.49. The second-order valence-corrected chi connectivity index (χ2v) is 4.74. The number of benzene rings is 2. The van der Waals surface area contributed by atoms with Gasteiger partial charge in [0.05, 0.1) is 11.4 Å². The molecular formula is C13H11BrF2N2. The van der Waals surface area contributed by atoms with Gasteiger partial charge in [0.2, 0.25) is 0 Å². The predicted octanol–water partition coefficient (Wildman–Crippen LogP) is 3.92. The molecule has 18 heavy (non-hydrogen) atoms. The Morgan fingerprint density at radius 2 is 1.89 bits per heavy atom. The molecule has 2 nitrogen and oxygen atoms in total. The third-order valence-corrected chi connectivity index (χ3v) is 2.99. The molecule has 0 bridgehead atoms. The number of hydrogen-bond acceptors (Lipinski definition) is 2. The number of rotatable bonds is 3. The van der Waals surface area contributed by atoms with Gasteiger partial charge in [0.25, 0.3) is 0 Å². The summed E-state index contributed by atoms with van der Waals surface area (Å²) in [6.07, 6.45) is 0. The molecule has 0 aliphatic carbocycles. The van der Waals surface area contributed by atoms with Gasteiger partial charge in [-0.2, -0.15) is 0 Å². The first-order valence-corrected chi connectivity index (χ1v) is 6.08. The summed E-state index contributed by atoms with van der Waals surface area (Å²) >= 11 is 3.32. The maximum absolute atomic E-state index is 13.4. The molecule has 2 rings (SSSR count). The standard InChI is InChI=1S/C13H11BrF2N2/c14-9-1-4-12(17)13(6-9)18-7-8-5-10(15)2-3-11(8)16/h1-6,18H,7,17H2. The molecule has 0 saturated heterocycles. The monoisotopic (exact) mass is 312 g/mol. The van der Waals surface area contributed by atoms with E-state index in [4.69, 9.17) is 5.73 Å². The molecule has 0 saturated carbocycles. The average molecular weight is 313 g/mol. The van der Waals surface area contributed by atoms with E-state index in [1.165, 1.54) is 0 Å². The van der Waals surface area contributed by atoms with Crippen molar-refractivity contribution in [3.63, 3.8) is 0 Å². The first kappa shape index (κ1) is 12.8. The van der Waals surface area contributed by atoms with Crippen LogP contribution in [-0.4, -0.2) is 0 Å². The molecule has 0 spiro atoms. The molecule has 0 heterocycles. The molecular weight excluding hydrogens is 302 g/mol. The van der Waals surface area contributed by atoms with Crippen molar-refractivity contribution in [3.05, 3.63) is 58.1 Å². The zero-order valence-corrected chi connectivity index (χ0v) is 11.0. The predicted molar refractivity (Wildman–Crippen MR) is 72.2 cm³/mol. The van der Waals surface area contributed by atoms with Gasteiger partial charge in [0.15, 0.2) is 0 Å². The van der Waals surface area contributed by atoms with Crippen LogP contribution in [0.4, 0.5) is 20.2 Å². The van der Waals surface area contributed by atoms with Crippen LogP contribution in [0.25, 0.3) is 0 Å². The SMILES string of the molecule is Nc1ccc(Br)cc1NCc1cc(F)ccc1F. The van der Waals surface area contributed by atoms with Crippen molar-refractivity contribution in [1.29, 1.82) is 0 Å². The minimum atomic E-state index is -0.463. The summed E-state index contributed by atoms with van der Waals surface area (Å²) in [5, 5.41) is 2.98. The summed E-state index contributed by atoms with van der Waals surface area (Å²) < 4.78 is 27.3. The molecule has 0 fully saturated rings. The van der Waals surface area contributed by atoms with Crippen molar-refractivity contribution in [2.45, 2.75) is 6.54 Å². The first-order chi connectivity index (χ1) is 8.56. The molecule has 2 aromatic carbocycles. The Bertz CT molecular complexity index is 521. The van der Waals surface area contributed by atoms with Crippen LogP contribution < -0.4 is 11.1 Å². The van der Waals surface area contributed by atoms with E-state index < -0.39 is 11.6 Å². The van der Waals surface area contributed by atoms with Crippen LogP contribution >= 0.6 is 15.9 Å². The molecule has 0 amide bonds. The van der Waals surface area contributed by atoms with Crippen LogP contribution in [0.3, 0.4) is 0 Å². The van der Waals surface area contributed by atoms with Gasteiger partial charge in [-0.05, 0) is 36.4 Å². The number of anilines is 2. The fourth-order valence-electron chi connectivity index (χ4n) is 1.55. The van der Waals surface area contributed by atoms with Crippen LogP contribution in [0.15, 0.2) is 40.9 Å². The number of nitrogen functional groups attached to an aromatic ring is 1. The Hall–Kier alpha value is -1.62. The maximum Gasteiger partial charge on any atom is 0.128 e. The van der Waals surface area contributed by atoms with Crippen LogP contribution in [-0.2, 0) is 6.54 Å². The Morgan fingerprint density at radius 3 is 2.67 bits per heavy atom. The highest BCUT2D eigenvalue weighted by Gasteiger charge is 2.05. The van der Waals surface area contributed by atoms with E-state index in [1.54, 1.807) is 12.1 Å². The Labute approximate surface area is 112 Å². The van der Waals surface area contributed by atoms with Gasteiger partial charge < -0.3 is 11.1 Å². The first-order valence-electron chi connectivity index (χ1n) is 5.29. The average Bonchev–Trinajstić information content (AvgIpc) is 2.34. The molecule has 2 aromatic rings. The maximum atomic E-state index is 13.4. The lowest BCUT2D eigenvalue weighted by atomic mass is 10.2. The van der Waals surface area contributed by atoms with E-state index >= 15 is 0 Å². The van der Waals surface area contributed by atoms with Crippen molar-refractivity contribution in [2.24, 2.45) is 0 Å².